The van der Waals surface area contributed by atoms with Crippen LogP contribution in [0.4, 0.5) is 0 Å². The standard InChI is InChI=1S/C11H18N2O4/c12-8-2-1-7(5-8)10(14)13-3-4-17-9(6-13)11(15)16/h7-9H,1-6,12H2,(H,15,16). The number of carbonyl (C=O) groups is 2. The van der Waals surface area contributed by atoms with Crippen LogP contribution in [0.3, 0.4) is 0 Å². The van der Waals surface area contributed by atoms with E-state index in [1.165, 1.54) is 0 Å². The second-order valence-corrected chi connectivity index (χ2v) is 4.75. The van der Waals surface area contributed by atoms with Crippen LogP contribution in [0.1, 0.15) is 19.3 Å². The SMILES string of the molecule is NC1CCC(C(=O)N2CCOC(C(=O)O)C2)C1. The molecular weight excluding hydrogens is 224 g/mol. The lowest BCUT2D eigenvalue weighted by Crippen LogP contribution is -2.50. The van der Waals surface area contributed by atoms with Gasteiger partial charge in [-0.3, -0.25) is 4.79 Å². The summed E-state index contributed by atoms with van der Waals surface area (Å²) < 4.78 is 5.09. The van der Waals surface area contributed by atoms with Gasteiger partial charge in [-0.05, 0) is 19.3 Å². The van der Waals surface area contributed by atoms with Gasteiger partial charge in [-0.1, -0.05) is 0 Å². The minimum Gasteiger partial charge on any atom is -0.479 e. The molecule has 3 atom stereocenters. The van der Waals surface area contributed by atoms with Crippen molar-refractivity contribution in [1.82, 2.24) is 4.90 Å². The number of nitrogens with two attached hydrogens (primary N) is 1. The van der Waals surface area contributed by atoms with Crippen molar-refractivity contribution in [2.75, 3.05) is 19.7 Å². The van der Waals surface area contributed by atoms with Crippen LogP contribution >= 0.6 is 0 Å². The Morgan fingerprint density at radius 2 is 2.12 bits per heavy atom. The number of nitrogens with zero attached hydrogens (tertiary/aromatic N) is 1. The molecule has 1 heterocycles. The summed E-state index contributed by atoms with van der Waals surface area (Å²) in [5.74, 6) is -1.00. The largest absolute Gasteiger partial charge is 0.479 e. The Morgan fingerprint density at radius 1 is 1.35 bits per heavy atom. The van der Waals surface area contributed by atoms with Gasteiger partial charge in [0.05, 0.1) is 13.2 Å². The zero-order valence-electron chi connectivity index (χ0n) is 9.67. The highest BCUT2D eigenvalue weighted by Gasteiger charge is 2.35. The number of carboxylic acids is 1. The molecule has 0 radical (unpaired) electrons. The number of amides is 1. The van der Waals surface area contributed by atoms with Crippen LogP contribution in [0.25, 0.3) is 0 Å². The van der Waals surface area contributed by atoms with Crippen LogP contribution in [-0.4, -0.2) is 53.7 Å². The second kappa shape index (κ2) is 5.01. The Bertz CT molecular complexity index is 321. The molecule has 3 N–H and O–H groups in total. The van der Waals surface area contributed by atoms with E-state index in [0.717, 1.165) is 12.8 Å². The summed E-state index contributed by atoms with van der Waals surface area (Å²) in [6.07, 6.45) is 1.52. The maximum Gasteiger partial charge on any atom is 0.334 e. The maximum absolute atomic E-state index is 12.1. The highest BCUT2D eigenvalue weighted by molar-refractivity contribution is 5.81. The van der Waals surface area contributed by atoms with Gasteiger partial charge in [0, 0.05) is 18.5 Å². The molecule has 1 aliphatic carbocycles. The molecule has 0 aromatic heterocycles. The van der Waals surface area contributed by atoms with E-state index in [1.807, 2.05) is 0 Å². The summed E-state index contributed by atoms with van der Waals surface area (Å²) in [4.78, 5) is 24.6. The van der Waals surface area contributed by atoms with E-state index in [2.05, 4.69) is 0 Å². The topological polar surface area (TPSA) is 92.9 Å². The van der Waals surface area contributed by atoms with Crippen LogP contribution in [0.15, 0.2) is 0 Å². The molecule has 1 aliphatic heterocycles. The van der Waals surface area contributed by atoms with Crippen LogP contribution < -0.4 is 5.73 Å². The smallest absolute Gasteiger partial charge is 0.334 e. The van der Waals surface area contributed by atoms with Crippen LogP contribution in [-0.2, 0) is 14.3 Å². The van der Waals surface area contributed by atoms with E-state index >= 15 is 0 Å². The fraction of sp³-hybridized carbons (Fsp3) is 0.818. The lowest BCUT2D eigenvalue weighted by atomic mass is 10.1. The third kappa shape index (κ3) is 2.76. The molecule has 0 aromatic rings. The number of hydrogen-bond acceptors (Lipinski definition) is 4. The molecule has 2 rings (SSSR count). The van der Waals surface area contributed by atoms with E-state index in [1.54, 1.807) is 4.90 Å². The molecular formula is C11H18N2O4. The Labute approximate surface area is 99.7 Å². The minimum absolute atomic E-state index is 0.0301. The van der Waals surface area contributed by atoms with Crippen molar-refractivity contribution in [2.24, 2.45) is 11.7 Å². The van der Waals surface area contributed by atoms with Gasteiger partial charge in [-0.2, -0.15) is 0 Å². The average Bonchev–Trinajstić information content (AvgIpc) is 2.75. The number of aliphatic carboxylic acids is 1. The van der Waals surface area contributed by atoms with Crippen molar-refractivity contribution < 1.29 is 19.4 Å². The molecule has 96 valence electrons. The molecule has 1 saturated carbocycles. The summed E-state index contributed by atoms with van der Waals surface area (Å²) in [6, 6.07) is 0.111. The quantitative estimate of drug-likeness (QED) is 0.676. The van der Waals surface area contributed by atoms with Gasteiger partial charge in [-0.25, -0.2) is 4.79 Å². The molecule has 6 heteroatoms. The summed E-state index contributed by atoms with van der Waals surface area (Å²) in [7, 11) is 0. The third-order valence-electron chi connectivity index (χ3n) is 3.48. The van der Waals surface area contributed by atoms with Gasteiger partial charge < -0.3 is 20.5 Å². The number of ether oxygens (including phenoxy) is 1. The molecule has 0 spiro atoms. The van der Waals surface area contributed by atoms with Gasteiger partial charge in [-0.15, -0.1) is 0 Å². The number of carboxylic acid groups (broad SMARTS) is 1. The number of hydrogen-bond donors (Lipinski definition) is 2. The van der Waals surface area contributed by atoms with Gasteiger partial charge >= 0.3 is 5.97 Å². The van der Waals surface area contributed by atoms with Crippen molar-refractivity contribution >= 4 is 11.9 Å². The maximum atomic E-state index is 12.1. The monoisotopic (exact) mass is 242 g/mol. The summed E-state index contributed by atoms with van der Waals surface area (Å²) >= 11 is 0. The van der Waals surface area contributed by atoms with E-state index < -0.39 is 12.1 Å². The predicted molar refractivity (Wildman–Crippen MR) is 59.3 cm³/mol. The van der Waals surface area contributed by atoms with Crippen molar-refractivity contribution in [2.45, 2.75) is 31.4 Å². The Balaban J connectivity index is 1.93. The average molecular weight is 242 g/mol. The summed E-state index contributed by atoms with van der Waals surface area (Å²) in [6.45, 7) is 0.926. The fourth-order valence-corrected chi connectivity index (χ4v) is 2.50. The molecule has 6 nitrogen and oxygen atoms in total. The first kappa shape index (κ1) is 12.3. The van der Waals surface area contributed by atoms with E-state index in [4.69, 9.17) is 15.6 Å². The van der Waals surface area contributed by atoms with Gasteiger partial charge in [0.2, 0.25) is 5.91 Å². The van der Waals surface area contributed by atoms with Crippen molar-refractivity contribution in [3.63, 3.8) is 0 Å². The van der Waals surface area contributed by atoms with E-state index in [0.29, 0.717) is 19.6 Å². The highest BCUT2D eigenvalue weighted by atomic mass is 16.5. The minimum atomic E-state index is -1.01. The van der Waals surface area contributed by atoms with Gasteiger partial charge in [0.15, 0.2) is 6.10 Å². The lowest BCUT2D eigenvalue weighted by molar-refractivity contribution is -0.160. The van der Waals surface area contributed by atoms with E-state index in [9.17, 15) is 9.59 Å². The molecule has 1 saturated heterocycles. The summed E-state index contributed by atoms with van der Waals surface area (Å²) in [5, 5.41) is 8.86. The Kier molecular flexibility index (Phi) is 3.63. The molecule has 2 aliphatic rings. The zero-order valence-corrected chi connectivity index (χ0v) is 9.67. The van der Waals surface area contributed by atoms with Crippen molar-refractivity contribution in [1.29, 1.82) is 0 Å². The zero-order chi connectivity index (χ0) is 12.4. The number of rotatable bonds is 2. The molecule has 3 unspecified atom stereocenters. The fourth-order valence-electron chi connectivity index (χ4n) is 2.50. The van der Waals surface area contributed by atoms with Crippen molar-refractivity contribution in [3.8, 4) is 0 Å². The Morgan fingerprint density at radius 3 is 2.71 bits per heavy atom. The van der Waals surface area contributed by atoms with Crippen LogP contribution in [0.2, 0.25) is 0 Å². The summed E-state index contributed by atoms with van der Waals surface area (Å²) in [5.41, 5.74) is 5.78. The molecule has 0 aromatic carbocycles. The number of carbonyl (C=O) groups excluding carboxylic acids is 1. The molecule has 2 fully saturated rings. The lowest BCUT2D eigenvalue weighted by Gasteiger charge is -2.32. The first-order chi connectivity index (χ1) is 8.08. The van der Waals surface area contributed by atoms with Gasteiger partial charge in [0.1, 0.15) is 0 Å². The number of morpholine rings is 1. The molecule has 0 bridgehead atoms. The molecule has 17 heavy (non-hydrogen) atoms. The third-order valence-corrected chi connectivity index (χ3v) is 3.48. The van der Waals surface area contributed by atoms with Crippen molar-refractivity contribution in [3.05, 3.63) is 0 Å². The first-order valence-corrected chi connectivity index (χ1v) is 5.96. The highest BCUT2D eigenvalue weighted by Crippen LogP contribution is 2.26. The normalized spacial score (nSPS) is 33.7. The van der Waals surface area contributed by atoms with Crippen LogP contribution in [0.5, 0.6) is 0 Å². The predicted octanol–water partition coefficient (Wildman–Crippen LogP) is -0.574. The first-order valence-electron chi connectivity index (χ1n) is 5.96. The molecule has 1 amide bonds. The second-order valence-electron chi connectivity index (χ2n) is 4.75. The van der Waals surface area contributed by atoms with E-state index in [-0.39, 0.29) is 24.4 Å². The van der Waals surface area contributed by atoms with Crippen LogP contribution in [0, 0.1) is 5.92 Å². The van der Waals surface area contributed by atoms with Gasteiger partial charge in [0.25, 0.3) is 0 Å². The Hall–Kier alpha value is -1.14.